The van der Waals surface area contributed by atoms with Gasteiger partial charge in [0.25, 0.3) is 0 Å². The SMILES string of the molecule is Cc1cc(N2CCc3ccccc32)nc(N2CCCCCC2)n1. The summed E-state index contributed by atoms with van der Waals surface area (Å²) in [6.07, 6.45) is 6.25. The first-order valence-corrected chi connectivity index (χ1v) is 8.77. The first-order chi connectivity index (χ1) is 11.3. The van der Waals surface area contributed by atoms with Crippen LogP contribution in [0.2, 0.25) is 0 Å². The van der Waals surface area contributed by atoms with Crippen LogP contribution in [0.15, 0.2) is 30.3 Å². The number of aryl methyl sites for hydroxylation is 1. The van der Waals surface area contributed by atoms with Crippen LogP contribution in [-0.2, 0) is 6.42 Å². The molecule has 23 heavy (non-hydrogen) atoms. The van der Waals surface area contributed by atoms with E-state index in [1.165, 1.54) is 36.9 Å². The third-order valence-corrected chi connectivity index (χ3v) is 4.88. The predicted molar refractivity (Wildman–Crippen MR) is 94.6 cm³/mol. The zero-order chi connectivity index (χ0) is 15.6. The molecule has 1 aromatic heterocycles. The van der Waals surface area contributed by atoms with Crippen LogP contribution in [0.5, 0.6) is 0 Å². The maximum Gasteiger partial charge on any atom is 0.227 e. The van der Waals surface area contributed by atoms with Crippen LogP contribution < -0.4 is 9.80 Å². The van der Waals surface area contributed by atoms with Gasteiger partial charge in [-0.15, -0.1) is 0 Å². The van der Waals surface area contributed by atoms with E-state index in [4.69, 9.17) is 9.97 Å². The van der Waals surface area contributed by atoms with E-state index >= 15 is 0 Å². The van der Waals surface area contributed by atoms with Crippen molar-refractivity contribution in [2.75, 3.05) is 29.4 Å². The number of rotatable bonds is 2. The van der Waals surface area contributed by atoms with Crippen molar-refractivity contribution >= 4 is 17.5 Å². The highest BCUT2D eigenvalue weighted by Crippen LogP contribution is 2.34. The molecule has 0 saturated carbocycles. The van der Waals surface area contributed by atoms with Crippen molar-refractivity contribution in [1.82, 2.24) is 9.97 Å². The van der Waals surface area contributed by atoms with Gasteiger partial charge in [-0.25, -0.2) is 4.98 Å². The Morgan fingerprint density at radius 2 is 1.70 bits per heavy atom. The summed E-state index contributed by atoms with van der Waals surface area (Å²) in [7, 11) is 0. The summed E-state index contributed by atoms with van der Waals surface area (Å²) in [5, 5.41) is 0. The third-order valence-electron chi connectivity index (χ3n) is 4.88. The molecule has 0 N–H and O–H groups in total. The molecule has 1 saturated heterocycles. The molecular weight excluding hydrogens is 284 g/mol. The highest BCUT2D eigenvalue weighted by molar-refractivity contribution is 5.68. The second-order valence-corrected chi connectivity index (χ2v) is 6.60. The monoisotopic (exact) mass is 308 g/mol. The summed E-state index contributed by atoms with van der Waals surface area (Å²) >= 11 is 0. The number of benzene rings is 1. The standard InChI is InChI=1S/C19H24N4/c1-15-14-18(23-13-10-16-8-4-5-9-17(16)23)21-19(20-15)22-11-6-2-3-7-12-22/h4-5,8-9,14H,2-3,6-7,10-13H2,1H3. The van der Waals surface area contributed by atoms with Crippen molar-refractivity contribution in [3.8, 4) is 0 Å². The Balaban J connectivity index is 1.67. The Morgan fingerprint density at radius 1 is 0.913 bits per heavy atom. The van der Waals surface area contributed by atoms with Gasteiger partial charge >= 0.3 is 0 Å². The van der Waals surface area contributed by atoms with Crippen LogP contribution in [0.3, 0.4) is 0 Å². The van der Waals surface area contributed by atoms with Gasteiger partial charge in [-0.2, -0.15) is 4.98 Å². The molecule has 4 nitrogen and oxygen atoms in total. The number of para-hydroxylation sites is 1. The van der Waals surface area contributed by atoms with E-state index in [-0.39, 0.29) is 0 Å². The van der Waals surface area contributed by atoms with E-state index < -0.39 is 0 Å². The minimum Gasteiger partial charge on any atom is -0.341 e. The largest absolute Gasteiger partial charge is 0.341 e. The van der Waals surface area contributed by atoms with Crippen LogP contribution >= 0.6 is 0 Å². The number of hydrogen-bond acceptors (Lipinski definition) is 4. The molecule has 0 unspecified atom stereocenters. The summed E-state index contributed by atoms with van der Waals surface area (Å²) in [6, 6.07) is 10.8. The molecule has 1 fully saturated rings. The smallest absolute Gasteiger partial charge is 0.227 e. The lowest BCUT2D eigenvalue weighted by atomic mass is 10.2. The van der Waals surface area contributed by atoms with Gasteiger partial charge < -0.3 is 9.80 Å². The van der Waals surface area contributed by atoms with Gasteiger partial charge in [0.1, 0.15) is 5.82 Å². The lowest BCUT2D eigenvalue weighted by Gasteiger charge is -2.24. The molecular formula is C19H24N4. The predicted octanol–water partition coefficient (Wildman–Crippen LogP) is 3.86. The third kappa shape index (κ3) is 2.90. The average Bonchev–Trinajstić information content (AvgIpc) is 2.80. The van der Waals surface area contributed by atoms with E-state index in [1.807, 2.05) is 0 Å². The van der Waals surface area contributed by atoms with Gasteiger partial charge in [-0.1, -0.05) is 31.0 Å². The second-order valence-electron chi connectivity index (χ2n) is 6.60. The zero-order valence-electron chi connectivity index (χ0n) is 13.8. The summed E-state index contributed by atoms with van der Waals surface area (Å²) in [5.74, 6) is 1.95. The van der Waals surface area contributed by atoms with Crippen LogP contribution in [0.4, 0.5) is 17.5 Å². The maximum absolute atomic E-state index is 4.92. The minimum atomic E-state index is 0.909. The molecule has 120 valence electrons. The molecule has 0 atom stereocenters. The number of anilines is 3. The summed E-state index contributed by atoms with van der Waals surface area (Å²) in [5.41, 5.74) is 3.77. The van der Waals surface area contributed by atoms with Crippen molar-refractivity contribution in [2.45, 2.75) is 39.0 Å². The molecule has 0 bridgehead atoms. The fraction of sp³-hybridized carbons (Fsp3) is 0.474. The Hall–Kier alpha value is -2.10. The van der Waals surface area contributed by atoms with Crippen molar-refractivity contribution < 1.29 is 0 Å². The molecule has 1 aromatic carbocycles. The first kappa shape index (κ1) is 14.5. The van der Waals surface area contributed by atoms with Crippen LogP contribution in [0.1, 0.15) is 36.9 Å². The van der Waals surface area contributed by atoms with Gasteiger partial charge in [0.15, 0.2) is 0 Å². The quantitative estimate of drug-likeness (QED) is 0.843. The Morgan fingerprint density at radius 3 is 2.52 bits per heavy atom. The van der Waals surface area contributed by atoms with Gasteiger partial charge in [0.05, 0.1) is 0 Å². The molecule has 3 heterocycles. The summed E-state index contributed by atoms with van der Waals surface area (Å²) in [4.78, 5) is 14.3. The highest BCUT2D eigenvalue weighted by Gasteiger charge is 2.22. The first-order valence-electron chi connectivity index (χ1n) is 8.77. The van der Waals surface area contributed by atoms with Gasteiger partial charge in [-0.05, 0) is 37.8 Å². The lowest BCUT2D eigenvalue weighted by molar-refractivity contribution is 0.726. The fourth-order valence-electron chi connectivity index (χ4n) is 3.66. The molecule has 2 aliphatic rings. The van der Waals surface area contributed by atoms with E-state index in [1.54, 1.807) is 0 Å². The number of aromatic nitrogens is 2. The van der Waals surface area contributed by atoms with Crippen molar-refractivity contribution in [1.29, 1.82) is 0 Å². The number of nitrogens with zero attached hydrogens (tertiary/aromatic N) is 4. The molecule has 4 rings (SSSR count). The van der Waals surface area contributed by atoms with E-state index in [0.717, 1.165) is 43.5 Å². The van der Waals surface area contributed by atoms with Gasteiger partial charge in [-0.3, -0.25) is 0 Å². The average molecular weight is 308 g/mol. The van der Waals surface area contributed by atoms with Gasteiger partial charge in [0, 0.05) is 37.1 Å². The fourth-order valence-corrected chi connectivity index (χ4v) is 3.66. The van der Waals surface area contributed by atoms with Crippen molar-refractivity contribution in [3.63, 3.8) is 0 Å². The van der Waals surface area contributed by atoms with E-state index in [9.17, 15) is 0 Å². The Labute approximate surface area is 138 Å². The second kappa shape index (κ2) is 6.19. The zero-order valence-corrected chi connectivity index (χ0v) is 13.8. The summed E-state index contributed by atoms with van der Waals surface area (Å²) < 4.78 is 0. The van der Waals surface area contributed by atoms with E-state index in [0.29, 0.717) is 0 Å². The molecule has 0 amide bonds. The summed E-state index contributed by atoms with van der Waals surface area (Å²) in [6.45, 7) is 5.25. The topological polar surface area (TPSA) is 32.3 Å². The molecule has 4 heteroatoms. The molecule has 2 aromatic rings. The molecule has 0 aliphatic carbocycles. The molecule has 0 radical (unpaired) electrons. The van der Waals surface area contributed by atoms with Crippen molar-refractivity contribution in [3.05, 3.63) is 41.6 Å². The molecule has 0 spiro atoms. The van der Waals surface area contributed by atoms with Crippen molar-refractivity contribution in [2.24, 2.45) is 0 Å². The number of fused-ring (bicyclic) bond motifs is 1. The minimum absolute atomic E-state index is 0.909. The number of hydrogen-bond donors (Lipinski definition) is 0. The normalized spacial score (nSPS) is 18.0. The van der Waals surface area contributed by atoms with Crippen LogP contribution in [-0.4, -0.2) is 29.6 Å². The molecule has 2 aliphatic heterocycles. The van der Waals surface area contributed by atoms with Crippen LogP contribution in [0.25, 0.3) is 0 Å². The van der Waals surface area contributed by atoms with E-state index in [2.05, 4.69) is 47.1 Å². The lowest BCUT2D eigenvalue weighted by Crippen LogP contribution is -2.27. The Kier molecular flexibility index (Phi) is 3.90. The Bertz CT molecular complexity index is 690. The van der Waals surface area contributed by atoms with Gasteiger partial charge in [0.2, 0.25) is 5.95 Å². The van der Waals surface area contributed by atoms with Crippen LogP contribution in [0, 0.1) is 6.92 Å². The maximum atomic E-state index is 4.92. The highest BCUT2D eigenvalue weighted by atomic mass is 15.3.